The molecular weight excluding hydrogens is 204 g/mol. The summed E-state index contributed by atoms with van der Waals surface area (Å²) in [7, 11) is 0. The van der Waals surface area contributed by atoms with E-state index >= 15 is 0 Å². The fraction of sp³-hybridized carbons (Fsp3) is 0.917. The van der Waals surface area contributed by atoms with E-state index in [0.717, 1.165) is 25.7 Å². The largest absolute Gasteiger partial charge is 0.393 e. The monoisotopic (exact) mass is 226 g/mol. The lowest BCUT2D eigenvalue weighted by Gasteiger charge is -2.32. The molecule has 0 bridgehead atoms. The van der Waals surface area contributed by atoms with E-state index in [-0.39, 0.29) is 12.0 Å². The van der Waals surface area contributed by atoms with Gasteiger partial charge >= 0.3 is 0 Å². The van der Waals surface area contributed by atoms with Gasteiger partial charge in [0.15, 0.2) is 0 Å². The molecule has 2 fully saturated rings. The maximum absolute atomic E-state index is 11.6. The highest BCUT2D eigenvalue weighted by molar-refractivity contribution is 5.78. The molecule has 1 amide bonds. The van der Waals surface area contributed by atoms with Gasteiger partial charge in [0, 0.05) is 12.1 Å². The molecule has 4 nitrogen and oxygen atoms in total. The third-order valence-electron chi connectivity index (χ3n) is 3.63. The van der Waals surface area contributed by atoms with Crippen molar-refractivity contribution in [2.24, 2.45) is 0 Å². The second-order valence-electron chi connectivity index (χ2n) is 5.11. The van der Waals surface area contributed by atoms with E-state index in [1.807, 2.05) is 0 Å². The Bertz CT molecular complexity index is 233. The quantitative estimate of drug-likeness (QED) is 0.656. The SMILES string of the molecule is O=C(CNC1CC(O)C1)NC1CCCCC1. The summed E-state index contributed by atoms with van der Waals surface area (Å²) >= 11 is 0. The lowest BCUT2D eigenvalue weighted by Crippen LogP contribution is -2.49. The summed E-state index contributed by atoms with van der Waals surface area (Å²) in [4.78, 5) is 11.6. The molecule has 3 N–H and O–H groups in total. The first-order valence-electron chi connectivity index (χ1n) is 6.45. The maximum Gasteiger partial charge on any atom is 0.234 e. The van der Waals surface area contributed by atoms with E-state index in [2.05, 4.69) is 10.6 Å². The fourth-order valence-electron chi connectivity index (χ4n) is 2.52. The normalized spacial score (nSPS) is 30.8. The molecule has 0 saturated heterocycles. The molecule has 0 aliphatic heterocycles. The van der Waals surface area contributed by atoms with Crippen molar-refractivity contribution in [3.8, 4) is 0 Å². The topological polar surface area (TPSA) is 61.4 Å². The molecular formula is C12H22N2O2. The summed E-state index contributed by atoms with van der Waals surface area (Å²) in [6.45, 7) is 0.397. The van der Waals surface area contributed by atoms with E-state index in [1.54, 1.807) is 0 Å². The number of nitrogens with one attached hydrogen (secondary N) is 2. The second-order valence-corrected chi connectivity index (χ2v) is 5.11. The molecule has 0 atom stereocenters. The Kier molecular flexibility index (Phi) is 4.18. The van der Waals surface area contributed by atoms with Crippen molar-refractivity contribution in [2.75, 3.05) is 6.54 Å². The Morgan fingerprint density at radius 1 is 1.12 bits per heavy atom. The first-order chi connectivity index (χ1) is 7.74. The maximum atomic E-state index is 11.6. The van der Waals surface area contributed by atoms with Crippen LogP contribution in [0, 0.1) is 0 Å². The molecule has 0 aromatic heterocycles. The summed E-state index contributed by atoms with van der Waals surface area (Å²) in [6.07, 6.45) is 7.49. The molecule has 2 rings (SSSR count). The van der Waals surface area contributed by atoms with Crippen molar-refractivity contribution < 1.29 is 9.90 Å². The Labute approximate surface area is 96.8 Å². The van der Waals surface area contributed by atoms with Crippen LogP contribution in [0.1, 0.15) is 44.9 Å². The first-order valence-corrected chi connectivity index (χ1v) is 6.45. The van der Waals surface area contributed by atoms with Crippen LogP contribution in [0.2, 0.25) is 0 Å². The summed E-state index contributed by atoms with van der Waals surface area (Å²) < 4.78 is 0. The molecule has 16 heavy (non-hydrogen) atoms. The molecule has 2 saturated carbocycles. The first kappa shape index (κ1) is 11.9. The van der Waals surface area contributed by atoms with Crippen LogP contribution < -0.4 is 10.6 Å². The minimum atomic E-state index is -0.154. The molecule has 92 valence electrons. The third-order valence-corrected chi connectivity index (χ3v) is 3.63. The molecule has 4 heteroatoms. The molecule has 0 radical (unpaired) electrons. The Balaban J connectivity index is 1.57. The van der Waals surface area contributed by atoms with Crippen molar-refractivity contribution in [3.63, 3.8) is 0 Å². The van der Waals surface area contributed by atoms with Gasteiger partial charge < -0.3 is 15.7 Å². The zero-order chi connectivity index (χ0) is 11.4. The third kappa shape index (κ3) is 3.46. The van der Waals surface area contributed by atoms with E-state index in [1.165, 1.54) is 19.3 Å². The van der Waals surface area contributed by atoms with Crippen LogP contribution in [-0.2, 0) is 4.79 Å². The van der Waals surface area contributed by atoms with Crippen molar-refractivity contribution in [1.29, 1.82) is 0 Å². The summed E-state index contributed by atoms with van der Waals surface area (Å²) in [6, 6.07) is 0.738. The van der Waals surface area contributed by atoms with Gasteiger partial charge in [0.1, 0.15) is 0 Å². The molecule has 0 spiro atoms. The summed E-state index contributed by atoms with van der Waals surface area (Å²) in [5.41, 5.74) is 0. The molecule has 2 aliphatic carbocycles. The van der Waals surface area contributed by atoms with Gasteiger partial charge in [-0.25, -0.2) is 0 Å². The molecule has 2 aliphatic rings. The minimum absolute atomic E-state index is 0.105. The number of rotatable bonds is 4. The van der Waals surface area contributed by atoms with Gasteiger partial charge in [0.2, 0.25) is 5.91 Å². The van der Waals surface area contributed by atoms with E-state index in [9.17, 15) is 4.79 Å². The van der Waals surface area contributed by atoms with Crippen LogP contribution in [0.3, 0.4) is 0 Å². The Morgan fingerprint density at radius 3 is 2.44 bits per heavy atom. The number of hydrogen-bond acceptors (Lipinski definition) is 3. The summed E-state index contributed by atoms with van der Waals surface area (Å²) in [5, 5.41) is 15.3. The number of hydrogen-bond donors (Lipinski definition) is 3. The van der Waals surface area contributed by atoms with Crippen LogP contribution in [0.15, 0.2) is 0 Å². The number of carbonyl (C=O) groups excluding carboxylic acids is 1. The summed E-state index contributed by atoms with van der Waals surface area (Å²) in [5.74, 6) is 0.105. The number of aliphatic hydroxyl groups is 1. The Hall–Kier alpha value is -0.610. The highest BCUT2D eigenvalue weighted by Gasteiger charge is 2.27. The van der Waals surface area contributed by atoms with Crippen LogP contribution >= 0.6 is 0 Å². The average Bonchev–Trinajstić information content (AvgIpc) is 2.24. The van der Waals surface area contributed by atoms with E-state index < -0.39 is 0 Å². The van der Waals surface area contributed by atoms with Crippen LogP contribution in [0.4, 0.5) is 0 Å². The van der Waals surface area contributed by atoms with E-state index in [4.69, 9.17) is 5.11 Å². The zero-order valence-electron chi connectivity index (χ0n) is 9.74. The van der Waals surface area contributed by atoms with Gasteiger partial charge in [-0.05, 0) is 25.7 Å². The average molecular weight is 226 g/mol. The van der Waals surface area contributed by atoms with Crippen molar-refractivity contribution in [2.45, 2.75) is 63.1 Å². The van der Waals surface area contributed by atoms with Gasteiger partial charge in [0.05, 0.1) is 12.6 Å². The molecule has 0 unspecified atom stereocenters. The van der Waals surface area contributed by atoms with Gasteiger partial charge in [-0.15, -0.1) is 0 Å². The minimum Gasteiger partial charge on any atom is -0.393 e. The van der Waals surface area contributed by atoms with Gasteiger partial charge in [0.25, 0.3) is 0 Å². The molecule has 0 heterocycles. The predicted octanol–water partition coefficient (Wildman–Crippen LogP) is 0.548. The lowest BCUT2D eigenvalue weighted by molar-refractivity contribution is -0.121. The lowest BCUT2D eigenvalue weighted by atomic mass is 9.89. The van der Waals surface area contributed by atoms with Gasteiger partial charge in [-0.2, -0.15) is 0 Å². The molecule has 0 aromatic carbocycles. The smallest absolute Gasteiger partial charge is 0.234 e. The van der Waals surface area contributed by atoms with Crippen molar-refractivity contribution in [1.82, 2.24) is 10.6 Å². The second kappa shape index (κ2) is 5.64. The van der Waals surface area contributed by atoms with Crippen molar-refractivity contribution in [3.05, 3.63) is 0 Å². The van der Waals surface area contributed by atoms with Crippen LogP contribution in [-0.4, -0.2) is 35.7 Å². The van der Waals surface area contributed by atoms with Gasteiger partial charge in [-0.1, -0.05) is 19.3 Å². The number of amides is 1. The number of aliphatic hydroxyl groups excluding tert-OH is 1. The number of carbonyl (C=O) groups is 1. The van der Waals surface area contributed by atoms with Crippen LogP contribution in [0.5, 0.6) is 0 Å². The Morgan fingerprint density at radius 2 is 1.81 bits per heavy atom. The van der Waals surface area contributed by atoms with Gasteiger partial charge in [-0.3, -0.25) is 4.79 Å². The predicted molar refractivity (Wildman–Crippen MR) is 62.0 cm³/mol. The zero-order valence-corrected chi connectivity index (χ0v) is 9.74. The molecule has 0 aromatic rings. The standard InChI is InChI=1S/C12H22N2O2/c15-11-6-10(7-11)13-8-12(16)14-9-4-2-1-3-5-9/h9-11,13,15H,1-8H2,(H,14,16). The fourth-order valence-corrected chi connectivity index (χ4v) is 2.52. The van der Waals surface area contributed by atoms with Crippen molar-refractivity contribution >= 4 is 5.91 Å². The van der Waals surface area contributed by atoms with E-state index in [0.29, 0.717) is 18.6 Å². The van der Waals surface area contributed by atoms with Crippen LogP contribution in [0.25, 0.3) is 0 Å². The highest BCUT2D eigenvalue weighted by atomic mass is 16.3. The highest BCUT2D eigenvalue weighted by Crippen LogP contribution is 2.19.